The number of rotatable bonds is 8. The van der Waals surface area contributed by atoms with Crippen molar-refractivity contribution in [3.8, 4) is 0 Å². The lowest BCUT2D eigenvalue weighted by Crippen LogP contribution is -2.41. The number of alkyl halides is 1. The summed E-state index contributed by atoms with van der Waals surface area (Å²) in [6.07, 6.45) is 2.19. The van der Waals surface area contributed by atoms with Gasteiger partial charge in [-0.25, -0.2) is 0 Å². The van der Waals surface area contributed by atoms with E-state index in [9.17, 15) is 9.59 Å². The Hall–Kier alpha value is -1.39. The minimum absolute atomic E-state index is 0.0958. The van der Waals surface area contributed by atoms with E-state index in [2.05, 4.69) is 5.32 Å². The quantitative estimate of drug-likeness (QED) is 0.569. The first-order chi connectivity index (χ1) is 9.58. The Labute approximate surface area is 124 Å². The summed E-state index contributed by atoms with van der Waals surface area (Å²) in [6.45, 7) is 2.53. The first-order valence-electron chi connectivity index (χ1n) is 6.74. The molecule has 5 heteroatoms. The second kappa shape index (κ2) is 8.72. The Morgan fingerprint density at radius 3 is 2.45 bits per heavy atom. The number of hydrogen-bond donors (Lipinski definition) is 2. The van der Waals surface area contributed by atoms with Crippen LogP contribution < -0.4 is 11.1 Å². The lowest BCUT2D eigenvalue weighted by Gasteiger charge is -2.16. The molecule has 3 N–H and O–H groups in total. The molecule has 0 spiro atoms. The molecule has 0 aromatic heterocycles. The van der Waals surface area contributed by atoms with Gasteiger partial charge in [-0.05, 0) is 44.9 Å². The van der Waals surface area contributed by atoms with Gasteiger partial charge in [0, 0.05) is 5.56 Å². The minimum atomic E-state index is -0.534. The van der Waals surface area contributed by atoms with E-state index in [1.54, 1.807) is 12.1 Å². The van der Waals surface area contributed by atoms with E-state index in [0.29, 0.717) is 18.5 Å². The molecule has 1 amide bonds. The average Bonchev–Trinajstić information content (AvgIpc) is 2.46. The summed E-state index contributed by atoms with van der Waals surface area (Å²) < 4.78 is 0. The molecule has 1 rings (SSSR count). The molecule has 0 aliphatic rings. The van der Waals surface area contributed by atoms with Gasteiger partial charge in [-0.15, -0.1) is 11.6 Å². The first-order valence-corrected chi connectivity index (χ1v) is 7.28. The van der Waals surface area contributed by atoms with Crippen LogP contribution >= 0.6 is 11.6 Å². The van der Waals surface area contributed by atoms with Gasteiger partial charge in [-0.1, -0.05) is 17.7 Å². The zero-order valence-corrected chi connectivity index (χ0v) is 12.5. The summed E-state index contributed by atoms with van der Waals surface area (Å²) in [6, 6.07) is 6.68. The predicted molar refractivity (Wildman–Crippen MR) is 81.1 cm³/mol. The van der Waals surface area contributed by atoms with Crippen molar-refractivity contribution >= 4 is 23.3 Å². The fourth-order valence-electron chi connectivity index (χ4n) is 1.85. The number of Topliss-reactive ketones (excluding diaryl/α,β-unsaturated/α-hetero) is 1. The molecule has 1 aromatic carbocycles. The van der Waals surface area contributed by atoms with Crippen molar-refractivity contribution in [2.24, 2.45) is 5.73 Å². The minimum Gasteiger partial charge on any atom is -0.342 e. The van der Waals surface area contributed by atoms with E-state index in [0.717, 1.165) is 18.4 Å². The predicted octanol–water partition coefficient (Wildman–Crippen LogP) is 2.03. The fraction of sp³-hybridized carbons (Fsp3) is 0.467. The number of carbonyl (C=O) groups excluding carboxylic acids is 2. The van der Waals surface area contributed by atoms with Crippen molar-refractivity contribution in [2.45, 2.75) is 32.2 Å². The van der Waals surface area contributed by atoms with Crippen molar-refractivity contribution in [2.75, 3.05) is 12.4 Å². The molecule has 4 nitrogen and oxygen atoms in total. The molecule has 0 aliphatic carbocycles. The van der Waals surface area contributed by atoms with Crippen molar-refractivity contribution in [3.63, 3.8) is 0 Å². The van der Waals surface area contributed by atoms with Crippen LogP contribution in [-0.4, -0.2) is 30.2 Å². The molecule has 0 aliphatic heterocycles. The number of unbranched alkanes of at least 4 members (excludes halogenated alkanes) is 1. The zero-order chi connectivity index (χ0) is 15.0. The standard InChI is InChI=1S/C15H21ClN2O2/c1-11-5-7-12(8-6-11)15(20)18-13(14(19)10-16)4-2-3-9-17/h5-8,13H,2-4,9-10,17H2,1H3,(H,18,20). The van der Waals surface area contributed by atoms with Crippen LogP contribution in [0.3, 0.4) is 0 Å². The number of benzene rings is 1. The Morgan fingerprint density at radius 1 is 1.25 bits per heavy atom. The van der Waals surface area contributed by atoms with Gasteiger partial charge in [-0.3, -0.25) is 9.59 Å². The smallest absolute Gasteiger partial charge is 0.251 e. The summed E-state index contributed by atoms with van der Waals surface area (Å²) in [5.41, 5.74) is 7.06. The molecular formula is C15H21ClN2O2. The van der Waals surface area contributed by atoms with Gasteiger partial charge in [0.2, 0.25) is 0 Å². The zero-order valence-electron chi connectivity index (χ0n) is 11.7. The van der Waals surface area contributed by atoms with Crippen LogP contribution in [0.4, 0.5) is 0 Å². The lowest BCUT2D eigenvalue weighted by molar-refractivity contribution is -0.118. The maximum absolute atomic E-state index is 12.1. The van der Waals surface area contributed by atoms with Crippen LogP contribution in [0.2, 0.25) is 0 Å². The van der Waals surface area contributed by atoms with Gasteiger partial charge >= 0.3 is 0 Å². The third-order valence-corrected chi connectivity index (χ3v) is 3.35. The van der Waals surface area contributed by atoms with Crippen LogP contribution in [0.15, 0.2) is 24.3 Å². The highest BCUT2D eigenvalue weighted by atomic mass is 35.5. The van der Waals surface area contributed by atoms with E-state index in [4.69, 9.17) is 17.3 Å². The summed E-state index contributed by atoms with van der Waals surface area (Å²) in [5.74, 6) is -0.507. The summed E-state index contributed by atoms with van der Waals surface area (Å²) in [4.78, 5) is 23.8. The van der Waals surface area contributed by atoms with E-state index in [1.807, 2.05) is 19.1 Å². The maximum atomic E-state index is 12.1. The molecule has 1 unspecified atom stereocenters. The number of nitrogens with one attached hydrogen (secondary N) is 1. The number of ketones is 1. The highest BCUT2D eigenvalue weighted by Crippen LogP contribution is 2.07. The number of hydrogen-bond acceptors (Lipinski definition) is 3. The average molecular weight is 297 g/mol. The lowest BCUT2D eigenvalue weighted by atomic mass is 10.0. The molecule has 0 saturated carbocycles. The molecule has 0 heterocycles. The maximum Gasteiger partial charge on any atom is 0.251 e. The molecule has 0 bridgehead atoms. The number of aryl methyl sites for hydroxylation is 1. The number of carbonyl (C=O) groups is 2. The Balaban J connectivity index is 2.65. The second-order valence-corrected chi connectivity index (χ2v) is 5.04. The van der Waals surface area contributed by atoms with Crippen LogP contribution in [0.25, 0.3) is 0 Å². The first kappa shape index (κ1) is 16.7. The van der Waals surface area contributed by atoms with Crippen LogP contribution in [0.5, 0.6) is 0 Å². The fourth-order valence-corrected chi connectivity index (χ4v) is 2.03. The van der Waals surface area contributed by atoms with Crippen molar-refractivity contribution in [1.29, 1.82) is 0 Å². The largest absolute Gasteiger partial charge is 0.342 e. The highest BCUT2D eigenvalue weighted by molar-refractivity contribution is 6.28. The third-order valence-electron chi connectivity index (χ3n) is 3.09. The molecule has 20 heavy (non-hydrogen) atoms. The third kappa shape index (κ3) is 5.31. The molecule has 1 atom stereocenters. The van der Waals surface area contributed by atoms with E-state index in [-0.39, 0.29) is 17.6 Å². The van der Waals surface area contributed by atoms with Gasteiger partial charge in [0.1, 0.15) is 0 Å². The number of halogens is 1. The Bertz CT molecular complexity index is 446. The van der Waals surface area contributed by atoms with Crippen molar-refractivity contribution in [1.82, 2.24) is 5.32 Å². The van der Waals surface area contributed by atoms with Gasteiger partial charge in [0.05, 0.1) is 11.9 Å². The number of nitrogens with two attached hydrogens (primary N) is 1. The highest BCUT2D eigenvalue weighted by Gasteiger charge is 2.19. The molecule has 1 aromatic rings. The summed E-state index contributed by atoms with van der Waals surface area (Å²) in [7, 11) is 0. The van der Waals surface area contributed by atoms with Crippen LogP contribution in [-0.2, 0) is 4.79 Å². The van der Waals surface area contributed by atoms with Gasteiger partial charge in [0.25, 0.3) is 5.91 Å². The second-order valence-electron chi connectivity index (χ2n) is 4.78. The molecular weight excluding hydrogens is 276 g/mol. The number of amides is 1. The summed E-state index contributed by atoms with van der Waals surface area (Å²) in [5, 5.41) is 2.75. The topological polar surface area (TPSA) is 72.2 Å². The molecule has 0 saturated heterocycles. The summed E-state index contributed by atoms with van der Waals surface area (Å²) >= 11 is 5.58. The Morgan fingerprint density at radius 2 is 1.90 bits per heavy atom. The van der Waals surface area contributed by atoms with Crippen LogP contribution in [0.1, 0.15) is 35.2 Å². The van der Waals surface area contributed by atoms with E-state index < -0.39 is 6.04 Å². The van der Waals surface area contributed by atoms with Crippen molar-refractivity contribution in [3.05, 3.63) is 35.4 Å². The SMILES string of the molecule is Cc1ccc(C(=O)NC(CCCCN)C(=O)CCl)cc1. The molecule has 0 fully saturated rings. The van der Waals surface area contributed by atoms with E-state index in [1.165, 1.54) is 0 Å². The monoisotopic (exact) mass is 296 g/mol. The van der Waals surface area contributed by atoms with Gasteiger partial charge in [-0.2, -0.15) is 0 Å². The molecule has 110 valence electrons. The van der Waals surface area contributed by atoms with Crippen LogP contribution in [0, 0.1) is 6.92 Å². The normalized spacial score (nSPS) is 11.9. The van der Waals surface area contributed by atoms with Gasteiger partial charge < -0.3 is 11.1 Å². The Kier molecular flexibility index (Phi) is 7.26. The molecule has 0 radical (unpaired) electrons. The van der Waals surface area contributed by atoms with Gasteiger partial charge in [0.15, 0.2) is 5.78 Å². The van der Waals surface area contributed by atoms with Crippen molar-refractivity contribution < 1.29 is 9.59 Å². The van der Waals surface area contributed by atoms with E-state index >= 15 is 0 Å².